The number of carbonyl (C=O) groups is 1. The van der Waals surface area contributed by atoms with Gasteiger partial charge in [-0.2, -0.15) is 0 Å². The normalized spacial score (nSPS) is 10.2. The van der Waals surface area contributed by atoms with Gasteiger partial charge in [0.05, 0.1) is 20.1 Å². The summed E-state index contributed by atoms with van der Waals surface area (Å²) in [6.45, 7) is 0.548. The van der Waals surface area contributed by atoms with Crippen molar-refractivity contribution in [1.29, 1.82) is 0 Å². The van der Waals surface area contributed by atoms with E-state index in [2.05, 4.69) is 21.2 Å². The number of amides is 1. The largest absolute Gasteiger partial charge is 0.496 e. The molecule has 0 bridgehead atoms. The van der Waals surface area contributed by atoms with Crippen LogP contribution >= 0.6 is 27.3 Å². The predicted octanol–water partition coefficient (Wildman–Crippen LogP) is 3.38. The zero-order valence-electron chi connectivity index (χ0n) is 10.5. The van der Waals surface area contributed by atoms with Gasteiger partial charge in [-0.25, -0.2) is 0 Å². The maximum absolute atomic E-state index is 11.9. The highest BCUT2D eigenvalue weighted by molar-refractivity contribution is 9.10. The van der Waals surface area contributed by atoms with Crippen LogP contribution < -0.4 is 10.1 Å². The van der Waals surface area contributed by atoms with E-state index >= 15 is 0 Å². The maximum atomic E-state index is 11.9. The van der Waals surface area contributed by atoms with Gasteiger partial charge in [-0.05, 0) is 33.4 Å². The molecule has 2 aromatic rings. The average molecular weight is 340 g/mol. The van der Waals surface area contributed by atoms with Crippen LogP contribution in [0.25, 0.3) is 0 Å². The van der Waals surface area contributed by atoms with Crippen molar-refractivity contribution < 1.29 is 9.53 Å². The topological polar surface area (TPSA) is 38.3 Å². The Labute approximate surface area is 124 Å². The summed E-state index contributed by atoms with van der Waals surface area (Å²) in [5.74, 6) is 0.736. The Bertz CT molecular complexity index is 568. The molecule has 1 amide bonds. The highest BCUT2D eigenvalue weighted by atomic mass is 79.9. The summed E-state index contributed by atoms with van der Waals surface area (Å²) in [4.78, 5) is 13.0. The number of ether oxygens (including phenoxy) is 1. The van der Waals surface area contributed by atoms with E-state index in [9.17, 15) is 4.79 Å². The Hall–Kier alpha value is -1.33. The molecule has 0 aliphatic rings. The van der Waals surface area contributed by atoms with Crippen molar-refractivity contribution in [3.8, 4) is 5.75 Å². The average Bonchev–Trinajstić information content (AvgIpc) is 2.82. The summed E-state index contributed by atoms with van der Waals surface area (Å²) in [5.41, 5.74) is 0.896. The minimum atomic E-state index is -0.00944. The highest BCUT2D eigenvalue weighted by Crippen LogP contribution is 2.22. The third-order valence-corrected chi connectivity index (χ3v) is 4.61. The smallest absolute Gasteiger partial charge is 0.224 e. The molecule has 1 heterocycles. The standard InChI is InChI=1S/C14H14BrNO2S/c1-18-12-5-3-2-4-10(12)8-14(17)16-9-13-11(15)6-7-19-13/h2-7H,8-9H2,1H3,(H,16,17). The molecule has 3 nitrogen and oxygen atoms in total. The van der Waals surface area contributed by atoms with Crippen molar-refractivity contribution in [3.05, 3.63) is 50.6 Å². The molecule has 0 fully saturated rings. The number of hydrogen-bond donors (Lipinski definition) is 1. The van der Waals surface area contributed by atoms with Gasteiger partial charge < -0.3 is 10.1 Å². The van der Waals surface area contributed by atoms with Crippen molar-refractivity contribution >= 4 is 33.2 Å². The molecule has 19 heavy (non-hydrogen) atoms. The highest BCUT2D eigenvalue weighted by Gasteiger charge is 2.09. The van der Waals surface area contributed by atoms with Gasteiger partial charge in [-0.3, -0.25) is 4.79 Å². The summed E-state index contributed by atoms with van der Waals surface area (Å²) < 4.78 is 6.27. The summed E-state index contributed by atoms with van der Waals surface area (Å²) in [7, 11) is 1.61. The molecule has 0 saturated carbocycles. The zero-order valence-corrected chi connectivity index (χ0v) is 12.9. The lowest BCUT2D eigenvalue weighted by Crippen LogP contribution is -2.24. The van der Waals surface area contributed by atoms with Gasteiger partial charge in [-0.1, -0.05) is 18.2 Å². The van der Waals surface area contributed by atoms with Crippen LogP contribution in [0.15, 0.2) is 40.2 Å². The van der Waals surface area contributed by atoms with Crippen LogP contribution in [0.1, 0.15) is 10.4 Å². The molecule has 1 aromatic heterocycles. The lowest BCUT2D eigenvalue weighted by atomic mass is 10.1. The minimum Gasteiger partial charge on any atom is -0.496 e. The van der Waals surface area contributed by atoms with E-state index in [1.165, 1.54) is 0 Å². The van der Waals surface area contributed by atoms with Crippen molar-refractivity contribution in [3.63, 3.8) is 0 Å². The maximum Gasteiger partial charge on any atom is 0.224 e. The molecule has 0 aliphatic heterocycles. The second kappa shape index (κ2) is 6.73. The van der Waals surface area contributed by atoms with Crippen molar-refractivity contribution in [1.82, 2.24) is 5.32 Å². The van der Waals surface area contributed by atoms with E-state index in [4.69, 9.17) is 4.74 Å². The summed E-state index contributed by atoms with van der Waals surface area (Å²) in [6.07, 6.45) is 0.326. The minimum absolute atomic E-state index is 0.00944. The fraction of sp³-hybridized carbons (Fsp3) is 0.214. The predicted molar refractivity (Wildman–Crippen MR) is 80.6 cm³/mol. The number of nitrogens with one attached hydrogen (secondary N) is 1. The Morgan fingerprint density at radius 2 is 2.16 bits per heavy atom. The summed E-state index contributed by atoms with van der Waals surface area (Å²) in [6, 6.07) is 9.54. The van der Waals surface area contributed by atoms with Gasteiger partial charge in [-0.15, -0.1) is 11.3 Å². The van der Waals surface area contributed by atoms with Gasteiger partial charge in [0.1, 0.15) is 5.75 Å². The molecule has 0 atom stereocenters. The number of benzene rings is 1. The third-order valence-electron chi connectivity index (χ3n) is 2.68. The number of hydrogen-bond acceptors (Lipinski definition) is 3. The Kier molecular flexibility index (Phi) is 4.99. The van der Waals surface area contributed by atoms with Gasteiger partial charge >= 0.3 is 0 Å². The van der Waals surface area contributed by atoms with Crippen LogP contribution in [-0.2, 0) is 17.8 Å². The first-order valence-corrected chi connectivity index (χ1v) is 7.48. The first-order valence-electron chi connectivity index (χ1n) is 5.81. The van der Waals surface area contributed by atoms with Crippen molar-refractivity contribution in [2.75, 3.05) is 7.11 Å². The first kappa shape index (κ1) is 14.1. The van der Waals surface area contributed by atoms with Crippen LogP contribution in [-0.4, -0.2) is 13.0 Å². The van der Waals surface area contributed by atoms with Crippen molar-refractivity contribution in [2.45, 2.75) is 13.0 Å². The fourth-order valence-electron chi connectivity index (χ4n) is 1.71. The number of carbonyl (C=O) groups excluding carboxylic acids is 1. The van der Waals surface area contributed by atoms with Gasteiger partial charge in [0, 0.05) is 14.9 Å². The lowest BCUT2D eigenvalue weighted by Gasteiger charge is -2.08. The van der Waals surface area contributed by atoms with E-state index in [0.717, 1.165) is 20.7 Å². The number of halogens is 1. The molecule has 0 saturated heterocycles. The molecule has 0 aliphatic carbocycles. The Morgan fingerprint density at radius 1 is 1.37 bits per heavy atom. The van der Waals surface area contributed by atoms with E-state index in [0.29, 0.717) is 13.0 Å². The second-order valence-corrected chi connectivity index (χ2v) is 5.81. The lowest BCUT2D eigenvalue weighted by molar-refractivity contribution is -0.120. The van der Waals surface area contributed by atoms with Crippen molar-refractivity contribution in [2.24, 2.45) is 0 Å². The summed E-state index contributed by atoms with van der Waals surface area (Å²) >= 11 is 5.06. The molecule has 2 rings (SSSR count). The summed E-state index contributed by atoms with van der Waals surface area (Å²) in [5, 5.41) is 4.90. The number of para-hydroxylation sites is 1. The SMILES string of the molecule is COc1ccccc1CC(=O)NCc1sccc1Br. The second-order valence-electron chi connectivity index (χ2n) is 3.96. The van der Waals surface area contributed by atoms with E-state index in [1.54, 1.807) is 18.4 Å². The Morgan fingerprint density at radius 3 is 2.84 bits per heavy atom. The molecule has 0 unspecified atom stereocenters. The molecular formula is C14H14BrNO2S. The van der Waals surface area contributed by atoms with Gasteiger partial charge in [0.15, 0.2) is 0 Å². The Balaban J connectivity index is 1.93. The molecular weight excluding hydrogens is 326 g/mol. The molecule has 0 radical (unpaired) electrons. The van der Waals surface area contributed by atoms with Gasteiger partial charge in [0.25, 0.3) is 0 Å². The fourth-order valence-corrected chi connectivity index (χ4v) is 3.15. The van der Waals surface area contributed by atoms with Crippen LogP contribution in [0.4, 0.5) is 0 Å². The van der Waals surface area contributed by atoms with E-state index < -0.39 is 0 Å². The van der Waals surface area contributed by atoms with Crippen LogP contribution in [0.2, 0.25) is 0 Å². The van der Waals surface area contributed by atoms with Crippen LogP contribution in [0.5, 0.6) is 5.75 Å². The quantitative estimate of drug-likeness (QED) is 0.906. The van der Waals surface area contributed by atoms with Crippen LogP contribution in [0.3, 0.4) is 0 Å². The third kappa shape index (κ3) is 3.81. The zero-order chi connectivity index (χ0) is 13.7. The number of methoxy groups -OCH3 is 1. The number of thiophene rings is 1. The molecule has 5 heteroatoms. The van der Waals surface area contributed by atoms with E-state index in [1.807, 2.05) is 35.7 Å². The molecule has 1 N–H and O–H groups in total. The van der Waals surface area contributed by atoms with Gasteiger partial charge in [0.2, 0.25) is 5.91 Å². The van der Waals surface area contributed by atoms with E-state index in [-0.39, 0.29) is 5.91 Å². The molecule has 1 aromatic carbocycles. The molecule has 100 valence electrons. The monoisotopic (exact) mass is 339 g/mol. The van der Waals surface area contributed by atoms with Crippen LogP contribution in [0, 0.1) is 0 Å². The number of rotatable bonds is 5. The first-order chi connectivity index (χ1) is 9.20. The molecule has 0 spiro atoms.